The molecule has 0 bridgehead atoms. The van der Waals surface area contributed by atoms with Gasteiger partial charge in [-0.25, -0.2) is 4.98 Å². The second-order valence-electron chi connectivity index (χ2n) is 3.95. The summed E-state index contributed by atoms with van der Waals surface area (Å²) >= 11 is 0. The summed E-state index contributed by atoms with van der Waals surface area (Å²) < 4.78 is 1.92. The summed E-state index contributed by atoms with van der Waals surface area (Å²) in [5.41, 5.74) is 0.840. The highest BCUT2D eigenvalue weighted by molar-refractivity contribution is 5.46. The average Bonchev–Trinajstić information content (AvgIpc) is 2.96. The van der Waals surface area contributed by atoms with Crippen LogP contribution < -0.4 is 0 Å². The molecular formula is C11H12N4. The van der Waals surface area contributed by atoms with Crippen LogP contribution in [0.4, 0.5) is 0 Å². The van der Waals surface area contributed by atoms with Crippen LogP contribution in [0.2, 0.25) is 0 Å². The van der Waals surface area contributed by atoms with E-state index in [4.69, 9.17) is 0 Å². The fourth-order valence-electron chi connectivity index (χ4n) is 1.56. The molecular weight excluding hydrogens is 188 g/mol. The molecule has 2 aromatic heterocycles. The third kappa shape index (κ3) is 1.88. The van der Waals surface area contributed by atoms with Crippen LogP contribution in [0.25, 0.3) is 11.5 Å². The Balaban J connectivity index is 1.83. The van der Waals surface area contributed by atoms with Crippen LogP contribution in [0.3, 0.4) is 0 Å². The molecule has 0 radical (unpaired) electrons. The zero-order valence-corrected chi connectivity index (χ0v) is 8.37. The van der Waals surface area contributed by atoms with Gasteiger partial charge < -0.3 is 0 Å². The molecule has 0 aliphatic heterocycles. The van der Waals surface area contributed by atoms with Crippen molar-refractivity contribution in [3.8, 4) is 11.5 Å². The molecule has 4 heteroatoms. The SMILES string of the molecule is c1ccc(-c2ncn(CC3CC3)n2)nc1. The van der Waals surface area contributed by atoms with Crippen LogP contribution >= 0.6 is 0 Å². The van der Waals surface area contributed by atoms with E-state index in [1.165, 1.54) is 12.8 Å². The van der Waals surface area contributed by atoms with Gasteiger partial charge in [0.2, 0.25) is 0 Å². The highest BCUT2D eigenvalue weighted by Gasteiger charge is 2.22. The standard InChI is InChI=1S/C11H12N4/c1-2-6-12-10(3-1)11-13-8-15(14-11)7-9-4-5-9/h1-3,6,8-9H,4-5,7H2. The fraction of sp³-hybridized carbons (Fsp3) is 0.364. The molecule has 0 atom stereocenters. The Hall–Kier alpha value is -1.71. The Morgan fingerprint density at radius 1 is 1.27 bits per heavy atom. The van der Waals surface area contributed by atoms with E-state index in [-0.39, 0.29) is 0 Å². The van der Waals surface area contributed by atoms with Crippen LogP contribution in [0.15, 0.2) is 30.7 Å². The monoisotopic (exact) mass is 200 g/mol. The fourth-order valence-corrected chi connectivity index (χ4v) is 1.56. The molecule has 2 heterocycles. The normalized spacial score (nSPS) is 15.5. The zero-order chi connectivity index (χ0) is 10.1. The van der Waals surface area contributed by atoms with Gasteiger partial charge in [0.15, 0.2) is 5.82 Å². The molecule has 0 unspecified atom stereocenters. The minimum Gasteiger partial charge on any atom is -0.253 e. The molecule has 1 fully saturated rings. The smallest absolute Gasteiger partial charge is 0.199 e. The molecule has 0 aromatic carbocycles. The number of pyridine rings is 1. The molecule has 1 aliphatic rings. The van der Waals surface area contributed by atoms with Gasteiger partial charge in [0, 0.05) is 12.7 Å². The Bertz CT molecular complexity index is 445. The summed E-state index contributed by atoms with van der Waals surface area (Å²) in [6.45, 7) is 1.000. The lowest BCUT2D eigenvalue weighted by Gasteiger charge is -1.95. The second kappa shape index (κ2) is 3.46. The average molecular weight is 200 g/mol. The first-order valence-electron chi connectivity index (χ1n) is 5.23. The van der Waals surface area contributed by atoms with Crippen molar-refractivity contribution in [1.29, 1.82) is 0 Å². The van der Waals surface area contributed by atoms with Gasteiger partial charge in [-0.05, 0) is 30.9 Å². The lowest BCUT2D eigenvalue weighted by Crippen LogP contribution is -2.00. The van der Waals surface area contributed by atoms with Gasteiger partial charge in [0.1, 0.15) is 12.0 Å². The van der Waals surface area contributed by atoms with E-state index in [2.05, 4.69) is 15.1 Å². The van der Waals surface area contributed by atoms with Crippen molar-refractivity contribution in [2.75, 3.05) is 0 Å². The third-order valence-corrected chi connectivity index (χ3v) is 2.57. The molecule has 3 rings (SSSR count). The summed E-state index contributed by atoms with van der Waals surface area (Å²) in [6, 6.07) is 5.77. The van der Waals surface area contributed by atoms with E-state index in [1.807, 2.05) is 22.9 Å². The van der Waals surface area contributed by atoms with Gasteiger partial charge in [-0.15, -0.1) is 5.10 Å². The Labute approximate surface area is 88.0 Å². The highest BCUT2D eigenvalue weighted by Crippen LogP contribution is 2.30. The summed E-state index contributed by atoms with van der Waals surface area (Å²) in [5, 5.41) is 4.40. The Morgan fingerprint density at radius 3 is 2.93 bits per heavy atom. The quantitative estimate of drug-likeness (QED) is 0.758. The molecule has 4 nitrogen and oxygen atoms in total. The van der Waals surface area contributed by atoms with Crippen LogP contribution in [-0.4, -0.2) is 19.7 Å². The van der Waals surface area contributed by atoms with Gasteiger partial charge in [-0.2, -0.15) is 0 Å². The van der Waals surface area contributed by atoms with Gasteiger partial charge in [-0.3, -0.25) is 9.67 Å². The van der Waals surface area contributed by atoms with E-state index in [0.717, 1.165) is 24.0 Å². The van der Waals surface area contributed by atoms with Crippen LogP contribution in [0, 0.1) is 5.92 Å². The first-order valence-corrected chi connectivity index (χ1v) is 5.23. The first kappa shape index (κ1) is 8.59. The number of nitrogens with zero attached hydrogens (tertiary/aromatic N) is 4. The van der Waals surface area contributed by atoms with Gasteiger partial charge in [0.05, 0.1) is 0 Å². The van der Waals surface area contributed by atoms with Crippen LogP contribution in [0.1, 0.15) is 12.8 Å². The molecule has 0 N–H and O–H groups in total. The van der Waals surface area contributed by atoms with E-state index in [0.29, 0.717) is 0 Å². The van der Waals surface area contributed by atoms with Gasteiger partial charge in [0.25, 0.3) is 0 Å². The lowest BCUT2D eigenvalue weighted by atomic mass is 10.3. The molecule has 15 heavy (non-hydrogen) atoms. The number of rotatable bonds is 3. The Morgan fingerprint density at radius 2 is 2.20 bits per heavy atom. The maximum atomic E-state index is 4.40. The van der Waals surface area contributed by atoms with Crippen molar-refractivity contribution in [2.45, 2.75) is 19.4 Å². The van der Waals surface area contributed by atoms with E-state index in [9.17, 15) is 0 Å². The number of hydrogen-bond acceptors (Lipinski definition) is 3. The predicted octanol–water partition coefficient (Wildman–Crippen LogP) is 1.75. The van der Waals surface area contributed by atoms with E-state index >= 15 is 0 Å². The van der Waals surface area contributed by atoms with Crippen LogP contribution in [-0.2, 0) is 6.54 Å². The first-order chi connectivity index (χ1) is 7.42. The highest BCUT2D eigenvalue weighted by atomic mass is 15.3. The summed E-state index contributed by atoms with van der Waals surface area (Å²) in [4.78, 5) is 8.48. The third-order valence-electron chi connectivity index (χ3n) is 2.57. The van der Waals surface area contributed by atoms with Gasteiger partial charge in [-0.1, -0.05) is 6.07 Å². The summed E-state index contributed by atoms with van der Waals surface area (Å²) in [7, 11) is 0. The number of aromatic nitrogens is 4. The van der Waals surface area contributed by atoms with E-state index < -0.39 is 0 Å². The number of hydrogen-bond donors (Lipinski definition) is 0. The molecule has 2 aromatic rings. The van der Waals surface area contributed by atoms with Crippen molar-refractivity contribution in [3.05, 3.63) is 30.7 Å². The maximum Gasteiger partial charge on any atom is 0.199 e. The molecule has 1 aliphatic carbocycles. The minimum atomic E-state index is 0.719. The molecule has 76 valence electrons. The maximum absolute atomic E-state index is 4.40. The minimum absolute atomic E-state index is 0.719. The van der Waals surface area contributed by atoms with Crippen molar-refractivity contribution in [2.24, 2.45) is 5.92 Å². The summed E-state index contributed by atoms with van der Waals surface area (Å²) in [6.07, 6.45) is 6.22. The van der Waals surface area contributed by atoms with Crippen molar-refractivity contribution in [3.63, 3.8) is 0 Å². The molecule has 1 saturated carbocycles. The molecule has 0 spiro atoms. The summed E-state index contributed by atoms with van der Waals surface area (Å²) in [5.74, 6) is 1.54. The van der Waals surface area contributed by atoms with Crippen molar-refractivity contribution in [1.82, 2.24) is 19.7 Å². The van der Waals surface area contributed by atoms with Crippen LogP contribution in [0.5, 0.6) is 0 Å². The zero-order valence-electron chi connectivity index (χ0n) is 8.37. The predicted molar refractivity (Wildman–Crippen MR) is 56.0 cm³/mol. The lowest BCUT2D eigenvalue weighted by molar-refractivity contribution is 0.563. The van der Waals surface area contributed by atoms with E-state index in [1.54, 1.807) is 12.5 Å². The molecule has 0 saturated heterocycles. The Kier molecular flexibility index (Phi) is 1.98. The topological polar surface area (TPSA) is 43.6 Å². The second-order valence-corrected chi connectivity index (χ2v) is 3.95. The van der Waals surface area contributed by atoms with Crippen molar-refractivity contribution >= 4 is 0 Å². The molecule has 0 amide bonds. The van der Waals surface area contributed by atoms with Crippen molar-refractivity contribution < 1.29 is 0 Å². The largest absolute Gasteiger partial charge is 0.253 e. The van der Waals surface area contributed by atoms with Gasteiger partial charge >= 0.3 is 0 Å².